The zero-order valence-electron chi connectivity index (χ0n) is 8.78. The van der Waals surface area contributed by atoms with Crippen molar-refractivity contribution in [2.45, 2.75) is 31.7 Å². The van der Waals surface area contributed by atoms with Gasteiger partial charge in [0.05, 0.1) is 18.8 Å². The molecule has 1 fully saturated rings. The Labute approximate surface area is 89.0 Å². The number of hydrogen-bond donors (Lipinski definition) is 0. The normalized spacial score (nSPS) is 24.9. The van der Waals surface area contributed by atoms with E-state index in [0.717, 1.165) is 12.8 Å². The number of ether oxygens (including phenoxy) is 2. The second-order valence-electron chi connectivity index (χ2n) is 3.79. The topological polar surface area (TPSA) is 18.5 Å². The fraction of sp³-hybridized carbons (Fsp3) is 0.500. The van der Waals surface area contributed by atoms with Crippen molar-refractivity contribution in [1.29, 1.82) is 0 Å². The minimum absolute atomic E-state index is 0.134. The van der Waals surface area contributed by atoms with Gasteiger partial charge in [-0.15, -0.1) is 0 Å². The number of hydrogen-bond acceptors (Lipinski definition) is 2. The molecule has 15 heavy (non-hydrogen) atoms. The molecule has 3 heteroatoms. The summed E-state index contributed by atoms with van der Waals surface area (Å²) in [6.45, 7) is 0.331. The summed E-state index contributed by atoms with van der Waals surface area (Å²) in [4.78, 5) is 0. The summed E-state index contributed by atoms with van der Waals surface area (Å²) in [6, 6.07) is 6.69. The minimum Gasteiger partial charge on any atom is -0.379 e. The molecule has 2 rings (SSSR count). The molecule has 2 atom stereocenters. The third-order valence-corrected chi connectivity index (χ3v) is 2.86. The van der Waals surface area contributed by atoms with Gasteiger partial charge in [0.25, 0.3) is 0 Å². The Bertz CT molecular complexity index is 325. The van der Waals surface area contributed by atoms with E-state index in [4.69, 9.17) is 9.47 Å². The van der Waals surface area contributed by atoms with Crippen LogP contribution in [0.5, 0.6) is 0 Å². The Hall–Kier alpha value is -0.930. The molecule has 0 aromatic heterocycles. The van der Waals surface area contributed by atoms with Gasteiger partial charge in [0.2, 0.25) is 0 Å². The highest BCUT2D eigenvalue weighted by molar-refractivity contribution is 5.16. The molecule has 1 aliphatic carbocycles. The smallest absolute Gasteiger partial charge is 0.128 e. The van der Waals surface area contributed by atoms with Crippen LogP contribution in [0.25, 0.3) is 0 Å². The molecule has 2 nitrogen and oxygen atoms in total. The molecule has 1 aromatic carbocycles. The van der Waals surface area contributed by atoms with E-state index in [9.17, 15) is 4.39 Å². The maximum atomic E-state index is 13.2. The third kappa shape index (κ3) is 2.36. The van der Waals surface area contributed by atoms with E-state index < -0.39 is 0 Å². The predicted molar refractivity (Wildman–Crippen MR) is 55.0 cm³/mol. The van der Waals surface area contributed by atoms with E-state index >= 15 is 0 Å². The maximum Gasteiger partial charge on any atom is 0.128 e. The lowest BCUT2D eigenvalue weighted by atomic mass is 9.92. The molecule has 1 saturated carbocycles. The number of methoxy groups -OCH3 is 1. The lowest BCUT2D eigenvalue weighted by Gasteiger charge is -2.35. The van der Waals surface area contributed by atoms with Crippen molar-refractivity contribution in [3.05, 3.63) is 35.6 Å². The Morgan fingerprint density at radius 1 is 1.27 bits per heavy atom. The van der Waals surface area contributed by atoms with Crippen molar-refractivity contribution in [3.63, 3.8) is 0 Å². The molecule has 0 heterocycles. The van der Waals surface area contributed by atoms with E-state index in [2.05, 4.69) is 0 Å². The number of benzene rings is 1. The minimum atomic E-state index is -0.203. The largest absolute Gasteiger partial charge is 0.379 e. The van der Waals surface area contributed by atoms with E-state index in [1.807, 2.05) is 6.07 Å². The van der Waals surface area contributed by atoms with Crippen LogP contribution < -0.4 is 0 Å². The fourth-order valence-corrected chi connectivity index (χ4v) is 1.71. The van der Waals surface area contributed by atoms with Crippen LogP contribution in [0.3, 0.4) is 0 Å². The van der Waals surface area contributed by atoms with Gasteiger partial charge in [0.1, 0.15) is 5.82 Å². The SMILES string of the molecule is CO[C@H]1CC[C@H]1OCc1ccccc1F. The second-order valence-corrected chi connectivity index (χ2v) is 3.79. The summed E-state index contributed by atoms with van der Waals surface area (Å²) in [5.41, 5.74) is 0.610. The molecule has 0 aliphatic heterocycles. The van der Waals surface area contributed by atoms with Crippen molar-refractivity contribution in [2.75, 3.05) is 7.11 Å². The number of rotatable bonds is 4. The standard InChI is InChI=1S/C12H15FO2/c1-14-11-6-7-12(11)15-8-9-4-2-3-5-10(9)13/h2-5,11-12H,6-8H2,1H3/t11-,12+/m0/s1. The van der Waals surface area contributed by atoms with Crippen molar-refractivity contribution < 1.29 is 13.9 Å². The van der Waals surface area contributed by atoms with Gasteiger partial charge in [0.15, 0.2) is 0 Å². The first-order valence-corrected chi connectivity index (χ1v) is 5.19. The van der Waals surface area contributed by atoms with Gasteiger partial charge >= 0.3 is 0 Å². The molecule has 0 spiro atoms. The molecule has 0 amide bonds. The average Bonchev–Trinajstić information content (AvgIpc) is 2.20. The molecule has 82 valence electrons. The summed E-state index contributed by atoms with van der Waals surface area (Å²) in [7, 11) is 1.68. The van der Waals surface area contributed by atoms with Gasteiger partial charge in [-0.25, -0.2) is 4.39 Å². The van der Waals surface area contributed by atoms with E-state index in [-0.39, 0.29) is 18.0 Å². The second kappa shape index (κ2) is 4.73. The zero-order valence-corrected chi connectivity index (χ0v) is 8.78. The van der Waals surface area contributed by atoms with Crippen LogP contribution in [-0.2, 0) is 16.1 Å². The Morgan fingerprint density at radius 3 is 2.60 bits per heavy atom. The quantitative estimate of drug-likeness (QED) is 0.760. The van der Waals surface area contributed by atoms with Gasteiger partial charge in [-0.05, 0) is 18.9 Å². The lowest BCUT2D eigenvalue weighted by molar-refractivity contribution is -0.119. The van der Waals surface area contributed by atoms with Gasteiger partial charge in [0, 0.05) is 12.7 Å². The molecule has 0 radical (unpaired) electrons. The Morgan fingerprint density at radius 2 is 2.00 bits per heavy atom. The Balaban J connectivity index is 1.86. The van der Waals surface area contributed by atoms with Gasteiger partial charge < -0.3 is 9.47 Å². The van der Waals surface area contributed by atoms with Crippen molar-refractivity contribution >= 4 is 0 Å². The van der Waals surface area contributed by atoms with Crippen LogP contribution in [0.1, 0.15) is 18.4 Å². The van der Waals surface area contributed by atoms with E-state index in [0.29, 0.717) is 12.2 Å². The molecule has 1 aliphatic rings. The maximum absolute atomic E-state index is 13.2. The monoisotopic (exact) mass is 210 g/mol. The highest BCUT2D eigenvalue weighted by Crippen LogP contribution is 2.26. The van der Waals surface area contributed by atoms with Crippen LogP contribution in [0.15, 0.2) is 24.3 Å². The van der Waals surface area contributed by atoms with Crippen LogP contribution in [0.2, 0.25) is 0 Å². The first-order chi connectivity index (χ1) is 7.31. The summed E-state index contributed by atoms with van der Waals surface area (Å²) < 4.78 is 24.0. The molecule has 0 bridgehead atoms. The highest BCUT2D eigenvalue weighted by Gasteiger charge is 2.31. The van der Waals surface area contributed by atoms with Crippen LogP contribution in [-0.4, -0.2) is 19.3 Å². The van der Waals surface area contributed by atoms with E-state index in [1.165, 1.54) is 6.07 Å². The lowest BCUT2D eigenvalue weighted by Crippen LogP contribution is -2.40. The van der Waals surface area contributed by atoms with Crippen LogP contribution >= 0.6 is 0 Å². The van der Waals surface area contributed by atoms with Crippen LogP contribution in [0.4, 0.5) is 4.39 Å². The molecular formula is C12H15FO2. The van der Waals surface area contributed by atoms with Gasteiger partial charge in [-0.1, -0.05) is 18.2 Å². The average molecular weight is 210 g/mol. The predicted octanol–water partition coefficient (Wildman–Crippen LogP) is 2.52. The molecule has 0 N–H and O–H groups in total. The molecule has 0 saturated heterocycles. The van der Waals surface area contributed by atoms with Crippen molar-refractivity contribution in [3.8, 4) is 0 Å². The summed E-state index contributed by atoms with van der Waals surface area (Å²) >= 11 is 0. The first kappa shape index (κ1) is 10.6. The zero-order chi connectivity index (χ0) is 10.7. The summed E-state index contributed by atoms with van der Waals surface area (Å²) in [5.74, 6) is -0.203. The summed E-state index contributed by atoms with van der Waals surface area (Å²) in [6.07, 6.45) is 2.37. The van der Waals surface area contributed by atoms with Crippen molar-refractivity contribution in [1.82, 2.24) is 0 Å². The van der Waals surface area contributed by atoms with E-state index in [1.54, 1.807) is 19.2 Å². The number of halogens is 1. The van der Waals surface area contributed by atoms with Crippen LogP contribution in [0, 0.1) is 5.82 Å². The first-order valence-electron chi connectivity index (χ1n) is 5.19. The molecular weight excluding hydrogens is 195 g/mol. The van der Waals surface area contributed by atoms with Gasteiger partial charge in [-0.2, -0.15) is 0 Å². The molecule has 1 aromatic rings. The third-order valence-electron chi connectivity index (χ3n) is 2.86. The molecule has 0 unspecified atom stereocenters. The van der Waals surface area contributed by atoms with Gasteiger partial charge in [-0.3, -0.25) is 0 Å². The Kier molecular flexibility index (Phi) is 3.34. The summed E-state index contributed by atoms with van der Waals surface area (Å²) in [5, 5.41) is 0. The van der Waals surface area contributed by atoms with Crippen molar-refractivity contribution in [2.24, 2.45) is 0 Å². The highest BCUT2D eigenvalue weighted by atomic mass is 19.1. The fourth-order valence-electron chi connectivity index (χ4n) is 1.71.